The molecule has 110 valence electrons. The van der Waals surface area contributed by atoms with Crippen molar-refractivity contribution in [1.82, 2.24) is 9.88 Å². The maximum atomic E-state index is 14.2. The van der Waals surface area contributed by atoms with Gasteiger partial charge in [-0.3, -0.25) is 4.90 Å². The molecule has 20 heavy (non-hydrogen) atoms. The topological polar surface area (TPSA) is 19.4 Å². The van der Waals surface area contributed by atoms with Crippen molar-refractivity contribution in [2.75, 3.05) is 30.3 Å². The van der Waals surface area contributed by atoms with Crippen LogP contribution in [0, 0.1) is 5.82 Å². The molecular formula is C14H19ClFN3S. The molecule has 3 heterocycles. The van der Waals surface area contributed by atoms with Crippen molar-refractivity contribution >= 4 is 29.2 Å². The summed E-state index contributed by atoms with van der Waals surface area (Å²) < 4.78 is 14.2. The SMILES string of the molecule is CC(C)N1CCN2c3ncc(Cl)c(F)c3SCC[C@@H]2C1. The first-order valence-corrected chi connectivity index (χ1v) is 8.41. The van der Waals surface area contributed by atoms with E-state index in [2.05, 4.69) is 28.6 Å². The van der Waals surface area contributed by atoms with E-state index in [4.69, 9.17) is 11.6 Å². The predicted molar refractivity (Wildman–Crippen MR) is 82.4 cm³/mol. The molecule has 0 bridgehead atoms. The molecule has 1 saturated heterocycles. The molecule has 3 nitrogen and oxygen atoms in total. The monoisotopic (exact) mass is 315 g/mol. The number of hydrogen-bond donors (Lipinski definition) is 0. The van der Waals surface area contributed by atoms with Gasteiger partial charge in [-0.25, -0.2) is 9.37 Å². The molecule has 0 unspecified atom stereocenters. The zero-order valence-corrected chi connectivity index (χ0v) is 13.3. The molecule has 1 fully saturated rings. The third-order valence-corrected chi connectivity index (χ3v) is 5.48. The summed E-state index contributed by atoms with van der Waals surface area (Å²) >= 11 is 7.41. The van der Waals surface area contributed by atoms with Crippen LogP contribution < -0.4 is 4.90 Å². The summed E-state index contributed by atoms with van der Waals surface area (Å²) in [6.45, 7) is 7.40. The minimum absolute atomic E-state index is 0.121. The Hall–Kier alpha value is -0.520. The third-order valence-electron chi connectivity index (χ3n) is 4.13. The van der Waals surface area contributed by atoms with Gasteiger partial charge in [-0.1, -0.05) is 11.6 Å². The average molecular weight is 316 g/mol. The quantitative estimate of drug-likeness (QED) is 0.792. The van der Waals surface area contributed by atoms with E-state index in [0.29, 0.717) is 17.0 Å². The minimum atomic E-state index is -0.311. The fraction of sp³-hybridized carbons (Fsp3) is 0.643. The van der Waals surface area contributed by atoms with Crippen LogP contribution in [0.3, 0.4) is 0 Å². The van der Waals surface area contributed by atoms with Crippen molar-refractivity contribution in [2.24, 2.45) is 0 Å². The van der Waals surface area contributed by atoms with Gasteiger partial charge in [-0.05, 0) is 20.3 Å². The second kappa shape index (κ2) is 5.70. The Kier molecular flexibility index (Phi) is 4.11. The molecule has 6 heteroatoms. The van der Waals surface area contributed by atoms with Gasteiger partial charge in [-0.2, -0.15) is 0 Å². The van der Waals surface area contributed by atoms with Crippen molar-refractivity contribution in [1.29, 1.82) is 0 Å². The standard InChI is InChI=1S/C14H19ClFN3S/c1-9(2)18-4-5-19-10(8-18)3-6-20-13-12(16)11(15)7-17-14(13)19/h7,9-10H,3-6,8H2,1-2H3/t10-/m1/s1. The van der Waals surface area contributed by atoms with Gasteiger partial charge in [0.05, 0.1) is 16.1 Å². The largest absolute Gasteiger partial charge is 0.350 e. The molecule has 0 aromatic carbocycles. The molecule has 2 aliphatic heterocycles. The highest BCUT2D eigenvalue weighted by molar-refractivity contribution is 7.99. The Balaban J connectivity index is 1.93. The van der Waals surface area contributed by atoms with Crippen molar-refractivity contribution in [3.8, 4) is 0 Å². The van der Waals surface area contributed by atoms with Gasteiger partial charge in [0, 0.05) is 37.5 Å². The van der Waals surface area contributed by atoms with Gasteiger partial charge in [0.2, 0.25) is 0 Å². The van der Waals surface area contributed by atoms with Crippen LogP contribution in [-0.2, 0) is 0 Å². The lowest BCUT2D eigenvalue weighted by atomic mass is 10.1. The lowest BCUT2D eigenvalue weighted by molar-refractivity contribution is 0.178. The van der Waals surface area contributed by atoms with E-state index in [1.165, 1.54) is 6.20 Å². The van der Waals surface area contributed by atoms with Crippen molar-refractivity contribution in [3.63, 3.8) is 0 Å². The molecule has 1 aromatic rings. The van der Waals surface area contributed by atoms with Gasteiger partial charge < -0.3 is 4.90 Å². The van der Waals surface area contributed by atoms with E-state index in [1.807, 2.05) is 0 Å². The van der Waals surface area contributed by atoms with Gasteiger partial charge in [0.15, 0.2) is 5.82 Å². The number of fused-ring (bicyclic) bond motifs is 3. The number of anilines is 1. The Bertz CT molecular complexity index is 511. The van der Waals surface area contributed by atoms with Crippen molar-refractivity contribution < 1.29 is 4.39 Å². The van der Waals surface area contributed by atoms with Crippen LogP contribution in [0.1, 0.15) is 20.3 Å². The van der Waals surface area contributed by atoms with Gasteiger partial charge >= 0.3 is 0 Å². The summed E-state index contributed by atoms with van der Waals surface area (Å²) in [4.78, 5) is 9.79. The van der Waals surface area contributed by atoms with Crippen LogP contribution in [0.25, 0.3) is 0 Å². The Morgan fingerprint density at radius 3 is 3.00 bits per heavy atom. The summed E-state index contributed by atoms with van der Waals surface area (Å²) in [5, 5.41) is 0.121. The zero-order valence-electron chi connectivity index (χ0n) is 11.8. The van der Waals surface area contributed by atoms with Crippen LogP contribution in [0.15, 0.2) is 11.1 Å². The van der Waals surface area contributed by atoms with E-state index in [-0.39, 0.29) is 10.8 Å². The van der Waals surface area contributed by atoms with E-state index >= 15 is 0 Å². The maximum absolute atomic E-state index is 14.2. The number of piperazine rings is 1. The fourth-order valence-corrected chi connectivity index (χ4v) is 4.27. The number of aromatic nitrogens is 1. The fourth-order valence-electron chi connectivity index (χ4n) is 2.94. The van der Waals surface area contributed by atoms with E-state index < -0.39 is 0 Å². The number of nitrogens with zero attached hydrogens (tertiary/aromatic N) is 3. The lowest BCUT2D eigenvalue weighted by Gasteiger charge is -2.43. The molecule has 0 aliphatic carbocycles. The summed E-state index contributed by atoms with van der Waals surface area (Å²) in [5.41, 5.74) is 0. The predicted octanol–water partition coefficient (Wildman–Crippen LogP) is 3.27. The van der Waals surface area contributed by atoms with Crippen molar-refractivity contribution in [3.05, 3.63) is 17.0 Å². The Morgan fingerprint density at radius 1 is 1.45 bits per heavy atom. The first-order valence-electron chi connectivity index (χ1n) is 7.05. The van der Waals surface area contributed by atoms with E-state index in [1.54, 1.807) is 11.8 Å². The molecule has 0 radical (unpaired) electrons. The Labute approximate surface area is 128 Å². The molecule has 0 amide bonds. The summed E-state index contributed by atoms with van der Waals surface area (Å²) in [6, 6.07) is 0.982. The number of pyridine rings is 1. The second-order valence-corrected chi connectivity index (χ2v) is 7.16. The summed E-state index contributed by atoms with van der Waals surface area (Å²) in [5.74, 6) is 1.38. The minimum Gasteiger partial charge on any atom is -0.350 e. The van der Waals surface area contributed by atoms with E-state index in [9.17, 15) is 4.39 Å². The Morgan fingerprint density at radius 2 is 2.25 bits per heavy atom. The molecule has 3 rings (SSSR count). The maximum Gasteiger partial charge on any atom is 0.160 e. The highest BCUT2D eigenvalue weighted by Gasteiger charge is 2.33. The summed E-state index contributed by atoms with van der Waals surface area (Å²) in [7, 11) is 0. The molecule has 1 atom stereocenters. The van der Waals surface area contributed by atoms with Crippen LogP contribution in [0.5, 0.6) is 0 Å². The molecule has 0 spiro atoms. The smallest absolute Gasteiger partial charge is 0.160 e. The zero-order chi connectivity index (χ0) is 14.3. The molecular weight excluding hydrogens is 297 g/mol. The molecule has 1 aromatic heterocycles. The van der Waals surface area contributed by atoms with Gasteiger partial charge in [0.25, 0.3) is 0 Å². The molecule has 2 aliphatic rings. The number of thioether (sulfide) groups is 1. The van der Waals surface area contributed by atoms with Crippen LogP contribution in [0.2, 0.25) is 5.02 Å². The van der Waals surface area contributed by atoms with Crippen LogP contribution in [0.4, 0.5) is 10.2 Å². The molecule has 0 N–H and O–H groups in total. The highest BCUT2D eigenvalue weighted by atomic mass is 35.5. The van der Waals surface area contributed by atoms with Gasteiger partial charge in [-0.15, -0.1) is 11.8 Å². The number of hydrogen-bond acceptors (Lipinski definition) is 4. The van der Waals surface area contributed by atoms with E-state index in [0.717, 1.165) is 37.6 Å². The van der Waals surface area contributed by atoms with Gasteiger partial charge in [0.1, 0.15) is 5.82 Å². The molecule has 0 saturated carbocycles. The average Bonchev–Trinajstić information content (AvgIpc) is 2.61. The first-order chi connectivity index (χ1) is 9.58. The number of halogens is 2. The lowest BCUT2D eigenvalue weighted by Crippen LogP contribution is -2.55. The summed E-state index contributed by atoms with van der Waals surface area (Å²) in [6.07, 6.45) is 2.49. The number of rotatable bonds is 1. The van der Waals surface area contributed by atoms with Crippen LogP contribution >= 0.6 is 23.4 Å². The van der Waals surface area contributed by atoms with Crippen molar-refractivity contribution in [2.45, 2.75) is 37.2 Å². The van der Waals surface area contributed by atoms with Crippen LogP contribution in [-0.4, -0.2) is 47.4 Å². The second-order valence-electron chi connectivity index (χ2n) is 5.65. The normalized spacial score (nSPS) is 23.4. The first kappa shape index (κ1) is 14.4. The highest BCUT2D eigenvalue weighted by Crippen LogP contribution is 2.39. The third kappa shape index (κ3) is 2.51.